The van der Waals surface area contributed by atoms with Crippen LogP contribution in [0.3, 0.4) is 0 Å². The molecule has 0 bridgehead atoms. The summed E-state index contributed by atoms with van der Waals surface area (Å²) in [7, 11) is 0. The first-order valence-electron chi connectivity index (χ1n) is 20.8. The molecule has 314 valence electrons. The highest BCUT2D eigenvalue weighted by Gasteiger charge is 2.29. The highest BCUT2D eigenvalue weighted by Crippen LogP contribution is 2.29. The van der Waals surface area contributed by atoms with E-state index in [1.165, 1.54) is 0 Å². The van der Waals surface area contributed by atoms with Gasteiger partial charge in [0.2, 0.25) is 17.7 Å². The standard InChI is InChI=1S/C47H55N7O6/c1-4-5-16-40(50-46(58)42(31(2)3)51-41(55)26-19-32-11-7-6-8-12-32)45(57)49-37-22-17-33(18-23-37)30-60-47(59)53-27-10-14-35(28-53)34-20-24-38(25-21-34)54-29-36-13-9-15-39(44(48)56)43(36)52-54/h6-9,11-13,15,17-18,20-25,29,31,35,40,42H,4-5,10,14,16,19,26-28,30H2,1-3H3,(H2,48,56)(H,49,57)(H,50,58)(H,51,55)/t35-,40+,42+/m1/s1. The topological polar surface area (TPSA) is 178 Å². The summed E-state index contributed by atoms with van der Waals surface area (Å²) in [6.07, 6.45) is 6.10. The maximum Gasteiger partial charge on any atom is 0.410 e. The van der Waals surface area contributed by atoms with Gasteiger partial charge in [-0.3, -0.25) is 19.2 Å². The van der Waals surface area contributed by atoms with Gasteiger partial charge in [-0.15, -0.1) is 0 Å². The van der Waals surface area contributed by atoms with E-state index in [1.807, 2.05) is 87.6 Å². The maximum absolute atomic E-state index is 13.5. The van der Waals surface area contributed by atoms with Gasteiger partial charge in [0.05, 0.1) is 11.3 Å². The number of piperidine rings is 1. The van der Waals surface area contributed by atoms with Gasteiger partial charge < -0.3 is 31.3 Å². The van der Waals surface area contributed by atoms with Crippen molar-refractivity contribution in [1.82, 2.24) is 25.3 Å². The number of fused-ring (bicyclic) bond motifs is 1. The largest absolute Gasteiger partial charge is 0.445 e. The Morgan fingerprint density at radius 3 is 2.32 bits per heavy atom. The first-order valence-corrected chi connectivity index (χ1v) is 20.8. The van der Waals surface area contributed by atoms with Gasteiger partial charge in [0.1, 0.15) is 24.2 Å². The van der Waals surface area contributed by atoms with E-state index in [0.29, 0.717) is 42.7 Å². The average Bonchev–Trinajstić information content (AvgIpc) is 3.71. The number of ether oxygens (including phenoxy) is 1. The van der Waals surface area contributed by atoms with Crippen LogP contribution < -0.4 is 21.7 Å². The maximum atomic E-state index is 13.5. The molecular formula is C47H55N7O6. The molecule has 5 amide bonds. The third kappa shape index (κ3) is 11.4. The Bertz CT molecular complexity index is 2260. The van der Waals surface area contributed by atoms with E-state index in [4.69, 9.17) is 10.5 Å². The molecule has 2 heterocycles. The zero-order valence-corrected chi connectivity index (χ0v) is 34.6. The second-order valence-corrected chi connectivity index (χ2v) is 15.8. The number of hydrogen-bond acceptors (Lipinski definition) is 7. The molecular weight excluding hydrogens is 759 g/mol. The van der Waals surface area contributed by atoms with Gasteiger partial charge >= 0.3 is 6.09 Å². The summed E-state index contributed by atoms with van der Waals surface area (Å²) in [6, 6.07) is 28.6. The van der Waals surface area contributed by atoms with E-state index >= 15 is 0 Å². The van der Waals surface area contributed by atoms with E-state index < -0.39 is 23.9 Å². The van der Waals surface area contributed by atoms with Crippen LogP contribution in [0.4, 0.5) is 10.5 Å². The van der Waals surface area contributed by atoms with Crippen LogP contribution in [0.2, 0.25) is 0 Å². The predicted octanol–water partition coefficient (Wildman–Crippen LogP) is 7.03. The Morgan fingerprint density at radius 1 is 0.867 bits per heavy atom. The Hall–Kier alpha value is -6.50. The van der Waals surface area contributed by atoms with Crippen molar-refractivity contribution in [1.29, 1.82) is 0 Å². The van der Waals surface area contributed by atoms with E-state index in [2.05, 4.69) is 21.0 Å². The molecule has 4 aromatic carbocycles. The van der Waals surface area contributed by atoms with Crippen molar-refractivity contribution in [3.63, 3.8) is 0 Å². The minimum Gasteiger partial charge on any atom is -0.445 e. The van der Waals surface area contributed by atoms with Crippen LogP contribution in [0.25, 0.3) is 16.6 Å². The molecule has 0 radical (unpaired) electrons. The van der Waals surface area contributed by atoms with E-state index in [-0.39, 0.29) is 42.8 Å². The number of hydrogen-bond donors (Lipinski definition) is 4. The van der Waals surface area contributed by atoms with Crippen LogP contribution >= 0.6 is 0 Å². The lowest BCUT2D eigenvalue weighted by molar-refractivity contribution is -0.132. The summed E-state index contributed by atoms with van der Waals surface area (Å²) in [4.78, 5) is 66.5. The Morgan fingerprint density at radius 2 is 1.62 bits per heavy atom. The molecule has 13 heteroatoms. The van der Waals surface area contributed by atoms with Crippen LogP contribution in [0.15, 0.2) is 103 Å². The lowest BCUT2D eigenvalue weighted by Crippen LogP contribution is -2.54. The molecule has 0 aliphatic carbocycles. The monoisotopic (exact) mass is 813 g/mol. The lowest BCUT2D eigenvalue weighted by atomic mass is 9.91. The molecule has 5 N–H and O–H groups in total. The van der Waals surface area contributed by atoms with E-state index in [9.17, 15) is 24.0 Å². The van der Waals surface area contributed by atoms with Gasteiger partial charge in [-0.1, -0.05) is 100 Å². The van der Waals surface area contributed by atoms with Crippen molar-refractivity contribution in [3.8, 4) is 5.69 Å². The van der Waals surface area contributed by atoms with Crippen molar-refractivity contribution in [2.45, 2.75) is 90.3 Å². The number of amides is 5. The summed E-state index contributed by atoms with van der Waals surface area (Å²) in [5.74, 6) is -1.53. The SMILES string of the molecule is CCCC[C@H](NC(=O)[C@@H](NC(=O)CCc1ccccc1)C(C)C)C(=O)Nc1ccc(COC(=O)N2CCC[C@@H](c3ccc(-n4cc5cccc(C(N)=O)c5n4)cc3)C2)cc1. The fourth-order valence-electron chi connectivity index (χ4n) is 7.46. The number of carbonyl (C=O) groups is 5. The molecule has 5 aromatic rings. The van der Waals surface area contributed by atoms with Gasteiger partial charge in [0.25, 0.3) is 5.91 Å². The molecule has 0 spiro atoms. The Balaban J connectivity index is 0.982. The molecule has 1 aliphatic heterocycles. The fourth-order valence-corrected chi connectivity index (χ4v) is 7.46. The summed E-state index contributed by atoms with van der Waals surface area (Å²) >= 11 is 0. The molecule has 1 saturated heterocycles. The number of rotatable bonds is 17. The normalized spacial score (nSPS) is 14.9. The number of likely N-dealkylation sites (tertiary alicyclic amines) is 1. The molecule has 1 fully saturated rings. The van der Waals surface area contributed by atoms with Gasteiger partial charge in [-0.25, -0.2) is 9.48 Å². The van der Waals surface area contributed by atoms with Crippen LogP contribution in [0, 0.1) is 5.92 Å². The van der Waals surface area contributed by atoms with Gasteiger partial charge in [-0.05, 0) is 78.6 Å². The average molecular weight is 814 g/mol. The predicted molar refractivity (Wildman–Crippen MR) is 231 cm³/mol. The number of unbranched alkanes of at least 4 members (excludes halogenated alkanes) is 1. The van der Waals surface area contributed by atoms with Gasteiger partial charge in [-0.2, -0.15) is 5.10 Å². The van der Waals surface area contributed by atoms with Crippen LogP contribution in [-0.2, 0) is 32.1 Å². The number of aryl methyl sites for hydroxylation is 1. The zero-order valence-electron chi connectivity index (χ0n) is 34.6. The quantitative estimate of drug-likeness (QED) is 0.0779. The van der Waals surface area contributed by atoms with Gasteiger partial charge in [0.15, 0.2) is 0 Å². The van der Waals surface area contributed by atoms with Crippen molar-refractivity contribution < 1.29 is 28.7 Å². The van der Waals surface area contributed by atoms with Crippen molar-refractivity contribution in [2.24, 2.45) is 11.7 Å². The van der Waals surface area contributed by atoms with Crippen LogP contribution in [0.1, 0.15) is 92.3 Å². The molecule has 1 aromatic heterocycles. The summed E-state index contributed by atoms with van der Waals surface area (Å²) in [6.45, 7) is 6.95. The highest BCUT2D eigenvalue weighted by atomic mass is 16.6. The molecule has 3 atom stereocenters. The molecule has 0 saturated carbocycles. The van der Waals surface area contributed by atoms with Crippen molar-refractivity contribution >= 4 is 46.3 Å². The number of aromatic nitrogens is 2. The molecule has 1 aliphatic rings. The number of primary amides is 1. The van der Waals surface area contributed by atoms with Crippen LogP contribution in [0.5, 0.6) is 0 Å². The second-order valence-electron chi connectivity index (χ2n) is 15.8. The first kappa shape index (κ1) is 43.1. The van der Waals surface area contributed by atoms with Crippen LogP contribution in [-0.4, -0.2) is 69.6 Å². The van der Waals surface area contributed by atoms with Crippen molar-refractivity contribution in [2.75, 3.05) is 18.4 Å². The highest BCUT2D eigenvalue weighted by molar-refractivity contribution is 6.04. The summed E-state index contributed by atoms with van der Waals surface area (Å²) < 4.78 is 7.45. The molecule has 0 unspecified atom stereocenters. The van der Waals surface area contributed by atoms with Gasteiger partial charge in [0, 0.05) is 42.7 Å². The molecule has 6 rings (SSSR count). The molecule has 60 heavy (non-hydrogen) atoms. The minimum atomic E-state index is -0.790. The summed E-state index contributed by atoms with van der Waals surface area (Å²) in [5, 5.41) is 14.1. The smallest absolute Gasteiger partial charge is 0.410 e. The number of benzene rings is 4. The number of nitrogens with two attached hydrogens (primary N) is 1. The summed E-state index contributed by atoms with van der Waals surface area (Å²) in [5.41, 5.74) is 10.8. The zero-order chi connectivity index (χ0) is 42.6. The second kappa shape index (κ2) is 20.5. The third-order valence-electron chi connectivity index (χ3n) is 10.9. The lowest BCUT2D eigenvalue weighted by Gasteiger charge is -2.32. The first-order chi connectivity index (χ1) is 29.0. The number of carbonyl (C=O) groups excluding carboxylic acids is 5. The minimum absolute atomic E-state index is 0.0709. The Kier molecular flexibility index (Phi) is 14.7. The van der Waals surface area contributed by atoms with E-state index in [0.717, 1.165) is 53.4 Å². The molecule has 13 nitrogen and oxygen atoms in total. The Labute approximate surface area is 351 Å². The number of nitrogens with zero attached hydrogens (tertiary/aromatic N) is 3. The van der Waals surface area contributed by atoms with Crippen molar-refractivity contribution in [3.05, 3.63) is 126 Å². The number of anilines is 1. The number of nitrogens with one attached hydrogen (secondary N) is 3. The van der Waals surface area contributed by atoms with E-state index in [1.54, 1.807) is 46.0 Å². The fraction of sp³-hybridized carbons (Fsp3) is 0.362. The third-order valence-corrected chi connectivity index (χ3v) is 10.9.